The number of hydrogen-bond donors (Lipinski definition) is 2. The van der Waals surface area contributed by atoms with E-state index in [2.05, 4.69) is 17.2 Å². The highest BCUT2D eigenvalue weighted by atomic mass is 16.5. The largest absolute Gasteiger partial charge is 0.497 e. The number of methoxy groups -OCH3 is 1. The molecule has 2 N–H and O–H groups in total. The summed E-state index contributed by atoms with van der Waals surface area (Å²) in [4.78, 5) is 14.8. The molecule has 0 fully saturated rings. The van der Waals surface area contributed by atoms with Crippen molar-refractivity contribution in [3.05, 3.63) is 30.0 Å². The molecule has 1 aromatic heterocycles. The maximum absolute atomic E-state index is 11.6. The van der Waals surface area contributed by atoms with Crippen LogP contribution in [0, 0.1) is 0 Å². The van der Waals surface area contributed by atoms with Gasteiger partial charge in [-0.25, -0.2) is 0 Å². The predicted molar refractivity (Wildman–Crippen MR) is 76.3 cm³/mol. The first-order chi connectivity index (χ1) is 9.19. The molecule has 0 aliphatic carbocycles. The van der Waals surface area contributed by atoms with Crippen molar-refractivity contribution in [2.45, 2.75) is 32.7 Å². The third kappa shape index (κ3) is 2.72. The van der Waals surface area contributed by atoms with Crippen molar-refractivity contribution in [1.82, 2.24) is 10.3 Å². The fraction of sp³-hybridized carbons (Fsp3) is 0.400. The van der Waals surface area contributed by atoms with Gasteiger partial charge in [-0.05, 0) is 30.2 Å². The molecule has 1 aromatic carbocycles. The second kappa shape index (κ2) is 5.78. The average molecular weight is 260 g/mol. The van der Waals surface area contributed by atoms with Crippen molar-refractivity contribution in [3.8, 4) is 5.75 Å². The van der Waals surface area contributed by atoms with Crippen LogP contribution in [0.1, 0.15) is 38.3 Å². The van der Waals surface area contributed by atoms with Crippen molar-refractivity contribution in [3.63, 3.8) is 0 Å². The zero-order valence-corrected chi connectivity index (χ0v) is 11.6. The Balaban J connectivity index is 2.39. The van der Waals surface area contributed by atoms with E-state index in [1.807, 2.05) is 31.3 Å². The zero-order chi connectivity index (χ0) is 13.8. The van der Waals surface area contributed by atoms with Crippen LogP contribution in [0.15, 0.2) is 24.4 Å². The number of benzene rings is 1. The smallest absolute Gasteiger partial charge is 0.220 e. The molecular weight excluding hydrogens is 240 g/mol. The number of carbonyl (C=O) groups is 1. The Morgan fingerprint density at radius 1 is 1.42 bits per heavy atom. The van der Waals surface area contributed by atoms with Gasteiger partial charge in [0.1, 0.15) is 5.75 Å². The molecule has 0 spiro atoms. The summed E-state index contributed by atoms with van der Waals surface area (Å²) in [6.07, 6.45) is 3.33. The van der Waals surface area contributed by atoms with Crippen LogP contribution in [0.5, 0.6) is 5.75 Å². The van der Waals surface area contributed by atoms with Crippen LogP contribution in [0.3, 0.4) is 0 Å². The quantitative estimate of drug-likeness (QED) is 0.867. The second-order valence-electron chi connectivity index (χ2n) is 4.54. The first-order valence-corrected chi connectivity index (χ1v) is 6.64. The zero-order valence-electron chi connectivity index (χ0n) is 11.6. The Hall–Kier alpha value is -1.97. The number of H-pyrrole nitrogens is 1. The lowest BCUT2D eigenvalue weighted by Gasteiger charge is -2.16. The first-order valence-electron chi connectivity index (χ1n) is 6.64. The summed E-state index contributed by atoms with van der Waals surface area (Å²) in [7, 11) is 1.66. The van der Waals surface area contributed by atoms with Gasteiger partial charge in [0.2, 0.25) is 5.91 Å². The number of rotatable bonds is 5. The molecule has 0 aliphatic heterocycles. The number of aromatic nitrogens is 1. The Bertz CT molecular complexity index is 575. The fourth-order valence-electron chi connectivity index (χ4n) is 2.23. The van der Waals surface area contributed by atoms with Gasteiger partial charge in [0, 0.05) is 23.5 Å². The van der Waals surface area contributed by atoms with E-state index in [4.69, 9.17) is 4.74 Å². The maximum Gasteiger partial charge on any atom is 0.220 e. The van der Waals surface area contributed by atoms with Gasteiger partial charge in [0.05, 0.1) is 13.2 Å². The first kappa shape index (κ1) is 13.5. The lowest BCUT2D eigenvalue weighted by atomic mass is 10.0. The number of nitrogens with one attached hydrogen (secondary N) is 2. The van der Waals surface area contributed by atoms with Crippen LogP contribution in [-0.4, -0.2) is 18.0 Å². The van der Waals surface area contributed by atoms with Crippen molar-refractivity contribution >= 4 is 16.8 Å². The van der Waals surface area contributed by atoms with E-state index in [1.165, 1.54) is 0 Å². The normalized spacial score (nSPS) is 12.4. The highest BCUT2D eigenvalue weighted by molar-refractivity contribution is 5.86. The molecule has 1 unspecified atom stereocenters. The molecule has 0 radical (unpaired) electrons. The van der Waals surface area contributed by atoms with Gasteiger partial charge in [-0.2, -0.15) is 0 Å². The topological polar surface area (TPSA) is 54.1 Å². The summed E-state index contributed by atoms with van der Waals surface area (Å²) in [5.41, 5.74) is 2.16. The Labute approximate surface area is 113 Å². The molecule has 0 saturated carbocycles. The molecule has 4 heteroatoms. The van der Waals surface area contributed by atoms with Crippen molar-refractivity contribution in [1.29, 1.82) is 0 Å². The van der Waals surface area contributed by atoms with Crippen LogP contribution < -0.4 is 10.1 Å². The molecular formula is C15H20N2O2. The van der Waals surface area contributed by atoms with E-state index in [0.717, 1.165) is 28.6 Å². The van der Waals surface area contributed by atoms with E-state index in [-0.39, 0.29) is 11.9 Å². The fourth-order valence-corrected chi connectivity index (χ4v) is 2.23. The molecule has 2 aromatic rings. The molecule has 4 nitrogen and oxygen atoms in total. The number of fused-ring (bicyclic) bond motifs is 1. The molecule has 2 rings (SSSR count). The van der Waals surface area contributed by atoms with Gasteiger partial charge < -0.3 is 15.0 Å². The summed E-state index contributed by atoms with van der Waals surface area (Å²) < 4.78 is 5.26. The van der Waals surface area contributed by atoms with Crippen LogP contribution in [0.25, 0.3) is 10.9 Å². The third-order valence-corrected chi connectivity index (χ3v) is 3.36. The highest BCUT2D eigenvalue weighted by Crippen LogP contribution is 2.29. The van der Waals surface area contributed by atoms with E-state index in [9.17, 15) is 4.79 Å². The summed E-state index contributed by atoms with van der Waals surface area (Å²) in [6, 6.07) is 5.95. The van der Waals surface area contributed by atoms with E-state index < -0.39 is 0 Å². The molecule has 102 valence electrons. The van der Waals surface area contributed by atoms with E-state index in [0.29, 0.717) is 6.42 Å². The minimum Gasteiger partial charge on any atom is -0.497 e. The number of hydrogen-bond acceptors (Lipinski definition) is 2. The van der Waals surface area contributed by atoms with Crippen LogP contribution in [0.2, 0.25) is 0 Å². The summed E-state index contributed by atoms with van der Waals surface area (Å²) in [5, 5.41) is 4.15. The number of ether oxygens (including phenoxy) is 1. The minimum absolute atomic E-state index is 0.0355. The summed E-state index contributed by atoms with van der Waals surface area (Å²) in [5.74, 6) is 0.897. The maximum atomic E-state index is 11.6. The molecule has 0 aliphatic rings. The van der Waals surface area contributed by atoms with Gasteiger partial charge in [0.25, 0.3) is 0 Å². The lowest BCUT2D eigenvalue weighted by molar-refractivity contribution is -0.121. The van der Waals surface area contributed by atoms with Crippen molar-refractivity contribution in [2.75, 3.05) is 7.11 Å². The Kier molecular flexibility index (Phi) is 4.10. The summed E-state index contributed by atoms with van der Waals surface area (Å²) >= 11 is 0. The predicted octanol–water partition coefficient (Wildman–Crippen LogP) is 3.15. The monoisotopic (exact) mass is 260 g/mol. The number of carbonyl (C=O) groups excluding carboxylic acids is 1. The standard InChI is InChI=1S/C15H20N2O2/c1-4-13(17-15(18)5-2)12-9-16-14-7-6-10(19-3)8-11(12)14/h6-9,13,16H,4-5H2,1-3H3,(H,17,18). The van der Waals surface area contributed by atoms with Gasteiger partial charge in [-0.3, -0.25) is 4.79 Å². The molecule has 19 heavy (non-hydrogen) atoms. The van der Waals surface area contributed by atoms with Crippen molar-refractivity contribution < 1.29 is 9.53 Å². The minimum atomic E-state index is 0.0355. The van der Waals surface area contributed by atoms with Crippen LogP contribution >= 0.6 is 0 Å². The van der Waals surface area contributed by atoms with Gasteiger partial charge in [-0.15, -0.1) is 0 Å². The van der Waals surface area contributed by atoms with E-state index >= 15 is 0 Å². The molecule has 1 heterocycles. The Morgan fingerprint density at radius 3 is 2.84 bits per heavy atom. The third-order valence-electron chi connectivity index (χ3n) is 3.36. The van der Waals surface area contributed by atoms with Crippen molar-refractivity contribution in [2.24, 2.45) is 0 Å². The van der Waals surface area contributed by atoms with Crippen LogP contribution in [0.4, 0.5) is 0 Å². The average Bonchev–Trinajstić information content (AvgIpc) is 2.87. The summed E-state index contributed by atoms with van der Waals surface area (Å²) in [6.45, 7) is 3.93. The van der Waals surface area contributed by atoms with Gasteiger partial charge in [-0.1, -0.05) is 13.8 Å². The van der Waals surface area contributed by atoms with Crippen LogP contribution in [-0.2, 0) is 4.79 Å². The molecule has 1 amide bonds. The van der Waals surface area contributed by atoms with Gasteiger partial charge >= 0.3 is 0 Å². The Morgan fingerprint density at radius 2 is 2.21 bits per heavy atom. The molecule has 1 atom stereocenters. The second-order valence-corrected chi connectivity index (χ2v) is 4.54. The molecule has 0 saturated heterocycles. The number of amides is 1. The van der Waals surface area contributed by atoms with Gasteiger partial charge in [0.15, 0.2) is 0 Å². The number of aromatic amines is 1. The SMILES string of the molecule is CCC(=O)NC(CC)c1c[nH]c2ccc(OC)cc12. The highest BCUT2D eigenvalue weighted by Gasteiger charge is 2.16. The van der Waals surface area contributed by atoms with E-state index in [1.54, 1.807) is 7.11 Å². The molecule has 0 bridgehead atoms. The lowest BCUT2D eigenvalue weighted by Crippen LogP contribution is -2.27.